The number of amides is 1. The van der Waals surface area contributed by atoms with Crippen LogP contribution in [0.3, 0.4) is 0 Å². The second-order valence-electron chi connectivity index (χ2n) is 4.65. The van der Waals surface area contributed by atoms with Crippen LogP contribution in [0.5, 0.6) is 0 Å². The number of rotatable bonds is 4. The molecular weight excluding hydrogens is 244 g/mol. The molecular formula is C13H20N4O2. The Bertz CT molecular complexity index is 432. The molecule has 2 rings (SSSR count). The summed E-state index contributed by atoms with van der Waals surface area (Å²) in [6, 6.07) is 2.03. The molecule has 1 unspecified atom stereocenters. The Morgan fingerprint density at radius 3 is 2.89 bits per heavy atom. The fourth-order valence-corrected chi connectivity index (χ4v) is 1.84. The molecule has 1 aromatic heterocycles. The highest BCUT2D eigenvalue weighted by Gasteiger charge is 2.20. The van der Waals surface area contributed by atoms with Gasteiger partial charge in [-0.15, -0.1) is 0 Å². The van der Waals surface area contributed by atoms with Crippen molar-refractivity contribution < 1.29 is 9.53 Å². The number of nitrogens with zero attached hydrogens (tertiary/aromatic N) is 3. The van der Waals surface area contributed by atoms with Crippen LogP contribution in [0.15, 0.2) is 12.4 Å². The third-order valence-electron chi connectivity index (χ3n) is 3.19. The van der Waals surface area contributed by atoms with Crippen molar-refractivity contribution in [3.8, 4) is 0 Å². The zero-order valence-corrected chi connectivity index (χ0v) is 11.4. The quantitative estimate of drug-likeness (QED) is 0.884. The van der Waals surface area contributed by atoms with Gasteiger partial charge in [0.25, 0.3) is 5.91 Å². The summed E-state index contributed by atoms with van der Waals surface area (Å²) in [5.74, 6) is 0.638. The van der Waals surface area contributed by atoms with E-state index < -0.39 is 0 Å². The van der Waals surface area contributed by atoms with Crippen LogP contribution in [-0.2, 0) is 4.74 Å². The molecule has 6 nitrogen and oxygen atoms in total. The molecule has 1 fully saturated rings. The number of anilines is 1. The SMILES string of the molecule is CCC(C)Nc1cc(C(=O)N2CCOCC2)ncn1. The molecule has 104 valence electrons. The van der Waals surface area contributed by atoms with Gasteiger partial charge in [0.1, 0.15) is 17.8 Å². The van der Waals surface area contributed by atoms with E-state index in [-0.39, 0.29) is 5.91 Å². The Morgan fingerprint density at radius 2 is 2.21 bits per heavy atom. The Balaban J connectivity index is 2.06. The molecule has 19 heavy (non-hydrogen) atoms. The van der Waals surface area contributed by atoms with Crippen molar-refractivity contribution in [3.05, 3.63) is 18.1 Å². The van der Waals surface area contributed by atoms with Gasteiger partial charge >= 0.3 is 0 Å². The van der Waals surface area contributed by atoms with E-state index in [2.05, 4.69) is 29.1 Å². The Kier molecular flexibility index (Phi) is 4.68. The summed E-state index contributed by atoms with van der Waals surface area (Å²) in [7, 11) is 0. The number of hydrogen-bond acceptors (Lipinski definition) is 5. The maximum absolute atomic E-state index is 12.3. The first kappa shape index (κ1) is 13.7. The fraction of sp³-hybridized carbons (Fsp3) is 0.615. The van der Waals surface area contributed by atoms with Gasteiger partial charge in [-0.1, -0.05) is 6.92 Å². The Labute approximate surface area is 113 Å². The highest BCUT2D eigenvalue weighted by Crippen LogP contribution is 2.10. The number of carbonyl (C=O) groups excluding carboxylic acids is 1. The Hall–Kier alpha value is -1.69. The summed E-state index contributed by atoms with van der Waals surface area (Å²) >= 11 is 0. The fourth-order valence-electron chi connectivity index (χ4n) is 1.84. The smallest absolute Gasteiger partial charge is 0.272 e. The normalized spacial score (nSPS) is 17.1. The average Bonchev–Trinajstić information content (AvgIpc) is 2.47. The van der Waals surface area contributed by atoms with Gasteiger partial charge in [0.2, 0.25) is 0 Å². The monoisotopic (exact) mass is 264 g/mol. The zero-order chi connectivity index (χ0) is 13.7. The number of hydrogen-bond donors (Lipinski definition) is 1. The van der Waals surface area contributed by atoms with Gasteiger partial charge in [-0.05, 0) is 13.3 Å². The molecule has 2 heterocycles. The molecule has 1 aliphatic rings. The van der Waals surface area contributed by atoms with Crippen molar-refractivity contribution in [3.63, 3.8) is 0 Å². The van der Waals surface area contributed by atoms with Gasteiger partial charge in [0.15, 0.2) is 0 Å². The summed E-state index contributed by atoms with van der Waals surface area (Å²) in [6.07, 6.45) is 2.43. The maximum Gasteiger partial charge on any atom is 0.272 e. The summed E-state index contributed by atoms with van der Waals surface area (Å²) in [5.41, 5.74) is 0.433. The number of carbonyl (C=O) groups is 1. The average molecular weight is 264 g/mol. The molecule has 6 heteroatoms. The summed E-state index contributed by atoms with van der Waals surface area (Å²) in [5, 5.41) is 3.24. The summed E-state index contributed by atoms with van der Waals surface area (Å²) < 4.78 is 5.24. The van der Waals surface area contributed by atoms with E-state index in [0.29, 0.717) is 43.9 Å². The van der Waals surface area contributed by atoms with Gasteiger partial charge in [-0.2, -0.15) is 0 Å². The van der Waals surface area contributed by atoms with Crippen LogP contribution in [0.2, 0.25) is 0 Å². The van der Waals surface area contributed by atoms with Crippen molar-refractivity contribution >= 4 is 11.7 Å². The molecule has 0 saturated carbocycles. The van der Waals surface area contributed by atoms with Crippen LogP contribution >= 0.6 is 0 Å². The molecule has 1 aromatic rings. The van der Waals surface area contributed by atoms with Crippen molar-refractivity contribution in [2.75, 3.05) is 31.6 Å². The summed E-state index contributed by atoms with van der Waals surface area (Å²) in [4.78, 5) is 22.2. The first-order valence-corrected chi connectivity index (χ1v) is 6.66. The molecule has 0 radical (unpaired) electrons. The molecule has 0 bridgehead atoms. The van der Waals surface area contributed by atoms with Gasteiger partial charge in [-0.3, -0.25) is 4.79 Å². The van der Waals surface area contributed by atoms with Crippen LogP contribution in [0.25, 0.3) is 0 Å². The van der Waals surface area contributed by atoms with Gasteiger partial charge in [0, 0.05) is 25.2 Å². The Morgan fingerprint density at radius 1 is 1.47 bits per heavy atom. The third kappa shape index (κ3) is 3.64. The lowest BCUT2D eigenvalue weighted by molar-refractivity contribution is 0.0299. The largest absolute Gasteiger partial charge is 0.378 e. The minimum atomic E-state index is -0.0575. The number of nitrogens with one attached hydrogen (secondary N) is 1. The minimum absolute atomic E-state index is 0.0575. The van der Waals surface area contributed by atoms with E-state index in [1.54, 1.807) is 11.0 Å². The molecule has 0 aliphatic carbocycles. The van der Waals surface area contributed by atoms with Crippen LogP contribution in [0, 0.1) is 0 Å². The highest BCUT2D eigenvalue weighted by molar-refractivity contribution is 5.92. The summed E-state index contributed by atoms with van der Waals surface area (Å²) in [6.45, 7) is 6.60. The first-order chi connectivity index (χ1) is 9.20. The van der Waals surface area contributed by atoms with Crippen molar-refractivity contribution in [2.24, 2.45) is 0 Å². The lowest BCUT2D eigenvalue weighted by atomic mass is 10.2. The number of ether oxygens (including phenoxy) is 1. The van der Waals surface area contributed by atoms with Crippen molar-refractivity contribution in [1.82, 2.24) is 14.9 Å². The van der Waals surface area contributed by atoms with Gasteiger partial charge < -0.3 is 15.0 Å². The molecule has 0 aromatic carbocycles. The zero-order valence-electron chi connectivity index (χ0n) is 11.4. The number of morpholine rings is 1. The first-order valence-electron chi connectivity index (χ1n) is 6.66. The van der Waals surface area contributed by atoms with Gasteiger partial charge in [0.05, 0.1) is 13.2 Å². The van der Waals surface area contributed by atoms with E-state index in [4.69, 9.17) is 4.74 Å². The van der Waals surface area contributed by atoms with E-state index in [9.17, 15) is 4.79 Å². The van der Waals surface area contributed by atoms with Crippen LogP contribution in [0.1, 0.15) is 30.8 Å². The number of aromatic nitrogens is 2. The molecule has 1 aliphatic heterocycles. The van der Waals surface area contributed by atoms with Crippen molar-refractivity contribution in [1.29, 1.82) is 0 Å². The predicted octanol–water partition coefficient (Wildman–Crippen LogP) is 1.16. The van der Waals surface area contributed by atoms with Gasteiger partial charge in [-0.25, -0.2) is 9.97 Å². The van der Waals surface area contributed by atoms with E-state index in [1.165, 1.54) is 6.33 Å². The van der Waals surface area contributed by atoms with Crippen LogP contribution in [-0.4, -0.2) is 53.1 Å². The topological polar surface area (TPSA) is 67.4 Å². The van der Waals surface area contributed by atoms with Crippen LogP contribution < -0.4 is 5.32 Å². The predicted molar refractivity (Wildman–Crippen MR) is 72.1 cm³/mol. The van der Waals surface area contributed by atoms with E-state index in [1.807, 2.05) is 0 Å². The molecule has 1 N–H and O–H groups in total. The van der Waals surface area contributed by atoms with E-state index in [0.717, 1.165) is 6.42 Å². The lowest BCUT2D eigenvalue weighted by Gasteiger charge is -2.26. The van der Waals surface area contributed by atoms with Crippen molar-refractivity contribution in [2.45, 2.75) is 26.3 Å². The standard InChI is InChI=1S/C13H20N4O2/c1-3-10(2)16-12-8-11(14-9-15-12)13(18)17-4-6-19-7-5-17/h8-10H,3-7H2,1-2H3,(H,14,15,16). The lowest BCUT2D eigenvalue weighted by Crippen LogP contribution is -2.41. The molecule has 1 atom stereocenters. The third-order valence-corrected chi connectivity index (χ3v) is 3.19. The second kappa shape index (κ2) is 6.47. The molecule has 1 saturated heterocycles. The highest BCUT2D eigenvalue weighted by atomic mass is 16.5. The molecule has 1 amide bonds. The maximum atomic E-state index is 12.3. The van der Waals surface area contributed by atoms with E-state index >= 15 is 0 Å². The minimum Gasteiger partial charge on any atom is -0.378 e. The van der Waals surface area contributed by atoms with Crippen LogP contribution in [0.4, 0.5) is 5.82 Å². The second-order valence-corrected chi connectivity index (χ2v) is 4.65. The molecule has 0 spiro atoms.